The van der Waals surface area contributed by atoms with Crippen molar-refractivity contribution in [1.82, 2.24) is 14.9 Å². The second-order valence-corrected chi connectivity index (χ2v) is 7.36. The average Bonchev–Trinajstić information content (AvgIpc) is 2.54. The monoisotopic (exact) mass is 323 g/mol. The Hall–Kier alpha value is -2.27. The van der Waals surface area contributed by atoms with Crippen molar-refractivity contribution in [3.8, 4) is 0 Å². The Balaban J connectivity index is 1.71. The molecule has 0 bridgehead atoms. The maximum absolute atomic E-state index is 11.2. The zero-order chi connectivity index (χ0) is 17.3. The number of hydrogen-bond donors (Lipinski definition) is 1. The highest BCUT2D eigenvalue weighted by atomic mass is 16.1. The van der Waals surface area contributed by atoms with Gasteiger partial charge in [0.1, 0.15) is 0 Å². The largest absolute Gasteiger partial charge is 0.363 e. The van der Waals surface area contributed by atoms with Crippen LogP contribution in [0.5, 0.6) is 0 Å². The van der Waals surface area contributed by atoms with Gasteiger partial charge >= 0.3 is 0 Å². The van der Waals surface area contributed by atoms with Gasteiger partial charge in [-0.15, -0.1) is 0 Å². The second kappa shape index (κ2) is 6.32. The SMILES string of the molecule is CC(C)(C)c1ccc(CN2CCc3[c]nc(C(N)=O)nc3C2)cc1. The van der Waals surface area contributed by atoms with E-state index in [9.17, 15) is 4.79 Å². The maximum Gasteiger partial charge on any atom is 0.286 e. The summed E-state index contributed by atoms with van der Waals surface area (Å²) in [5.41, 5.74) is 9.88. The van der Waals surface area contributed by atoms with Crippen molar-refractivity contribution in [2.75, 3.05) is 6.54 Å². The van der Waals surface area contributed by atoms with E-state index in [-0.39, 0.29) is 11.2 Å². The minimum atomic E-state index is -0.607. The van der Waals surface area contributed by atoms with Crippen molar-refractivity contribution in [3.63, 3.8) is 0 Å². The third-order valence-electron chi connectivity index (χ3n) is 4.38. The first-order valence-electron chi connectivity index (χ1n) is 8.22. The Morgan fingerprint density at radius 1 is 1.29 bits per heavy atom. The van der Waals surface area contributed by atoms with Gasteiger partial charge in [-0.3, -0.25) is 9.69 Å². The molecule has 1 aliphatic heterocycles. The zero-order valence-electron chi connectivity index (χ0n) is 14.5. The van der Waals surface area contributed by atoms with Gasteiger partial charge in [0, 0.05) is 25.2 Å². The standard InChI is InChI=1S/C19H23N4O/c1-19(2,3)15-6-4-13(5-7-15)11-23-9-8-14-10-21-18(17(20)24)22-16(14)12-23/h4-7H,8-9,11-12H2,1-3H3,(H2,20,24). The van der Waals surface area contributed by atoms with Crippen molar-refractivity contribution < 1.29 is 4.79 Å². The Morgan fingerprint density at radius 2 is 2.00 bits per heavy atom. The lowest BCUT2D eigenvalue weighted by Crippen LogP contribution is -2.32. The van der Waals surface area contributed by atoms with Gasteiger partial charge in [-0.25, -0.2) is 9.97 Å². The number of primary amides is 1. The van der Waals surface area contributed by atoms with Gasteiger partial charge in [0.05, 0.1) is 11.9 Å². The van der Waals surface area contributed by atoms with Crippen LogP contribution in [0.3, 0.4) is 0 Å². The van der Waals surface area contributed by atoms with Crippen molar-refractivity contribution in [2.24, 2.45) is 5.73 Å². The summed E-state index contributed by atoms with van der Waals surface area (Å²) < 4.78 is 0. The zero-order valence-corrected chi connectivity index (χ0v) is 14.5. The fraction of sp³-hybridized carbons (Fsp3) is 0.421. The number of nitrogens with two attached hydrogens (primary N) is 1. The third-order valence-corrected chi connectivity index (χ3v) is 4.38. The molecule has 1 radical (unpaired) electrons. The van der Waals surface area contributed by atoms with E-state index in [0.29, 0.717) is 6.54 Å². The van der Waals surface area contributed by atoms with Crippen molar-refractivity contribution >= 4 is 5.91 Å². The summed E-state index contributed by atoms with van der Waals surface area (Å²) in [5.74, 6) is -0.561. The number of hydrogen-bond acceptors (Lipinski definition) is 4. The third kappa shape index (κ3) is 3.62. The lowest BCUT2D eigenvalue weighted by Gasteiger charge is -2.28. The lowest BCUT2D eigenvalue weighted by molar-refractivity contribution is 0.0989. The molecule has 0 saturated carbocycles. The van der Waals surface area contributed by atoms with Gasteiger partial charge in [0.2, 0.25) is 5.82 Å². The van der Waals surface area contributed by atoms with E-state index in [1.165, 1.54) is 11.1 Å². The first-order valence-corrected chi connectivity index (χ1v) is 8.22. The molecular weight excluding hydrogens is 300 g/mol. The predicted octanol–water partition coefficient (Wildman–Crippen LogP) is 2.23. The molecule has 125 valence electrons. The first kappa shape index (κ1) is 16.6. The van der Waals surface area contributed by atoms with E-state index in [0.717, 1.165) is 30.8 Å². The first-order chi connectivity index (χ1) is 11.3. The van der Waals surface area contributed by atoms with Gasteiger partial charge in [-0.1, -0.05) is 45.0 Å². The van der Waals surface area contributed by atoms with Gasteiger partial charge < -0.3 is 5.73 Å². The molecule has 1 aromatic heterocycles. The van der Waals surface area contributed by atoms with Crippen LogP contribution in [0.25, 0.3) is 0 Å². The fourth-order valence-corrected chi connectivity index (χ4v) is 2.91. The van der Waals surface area contributed by atoms with Crippen LogP contribution in [-0.4, -0.2) is 27.3 Å². The molecule has 2 heterocycles. The summed E-state index contributed by atoms with van der Waals surface area (Å²) in [7, 11) is 0. The van der Waals surface area contributed by atoms with Gasteiger partial charge in [0.15, 0.2) is 0 Å². The highest BCUT2D eigenvalue weighted by molar-refractivity contribution is 5.88. The summed E-state index contributed by atoms with van der Waals surface area (Å²) in [4.78, 5) is 21.8. The molecule has 1 amide bonds. The molecule has 24 heavy (non-hydrogen) atoms. The molecule has 0 aliphatic carbocycles. The van der Waals surface area contributed by atoms with E-state index in [4.69, 9.17) is 5.73 Å². The van der Waals surface area contributed by atoms with Crippen LogP contribution in [0.2, 0.25) is 0 Å². The van der Waals surface area contributed by atoms with E-state index in [1.54, 1.807) is 0 Å². The molecule has 1 aliphatic rings. The molecule has 1 aromatic carbocycles. The van der Waals surface area contributed by atoms with Crippen molar-refractivity contribution in [2.45, 2.75) is 45.7 Å². The smallest absolute Gasteiger partial charge is 0.286 e. The highest BCUT2D eigenvalue weighted by Crippen LogP contribution is 2.23. The summed E-state index contributed by atoms with van der Waals surface area (Å²) >= 11 is 0. The number of rotatable bonds is 3. The summed E-state index contributed by atoms with van der Waals surface area (Å²) in [6.07, 6.45) is 3.75. The van der Waals surface area contributed by atoms with Crippen LogP contribution in [-0.2, 0) is 24.9 Å². The van der Waals surface area contributed by atoms with E-state index in [2.05, 4.69) is 66.1 Å². The van der Waals surface area contributed by atoms with Crippen LogP contribution in [0, 0.1) is 6.20 Å². The summed E-state index contributed by atoms with van der Waals surface area (Å²) in [5, 5.41) is 0. The quantitative estimate of drug-likeness (QED) is 0.940. The van der Waals surface area contributed by atoms with Gasteiger partial charge in [0.25, 0.3) is 5.91 Å². The number of carbonyl (C=O) groups excluding carboxylic acids is 1. The molecule has 2 aromatic rings. The van der Waals surface area contributed by atoms with Crippen LogP contribution in [0.15, 0.2) is 24.3 Å². The lowest BCUT2D eigenvalue weighted by atomic mass is 9.86. The molecule has 0 unspecified atom stereocenters. The van der Waals surface area contributed by atoms with Crippen LogP contribution in [0.1, 0.15) is 53.8 Å². The van der Waals surface area contributed by atoms with Crippen LogP contribution < -0.4 is 5.73 Å². The Morgan fingerprint density at radius 3 is 2.62 bits per heavy atom. The normalized spacial score (nSPS) is 15.1. The van der Waals surface area contributed by atoms with Gasteiger partial charge in [-0.05, 0) is 23.0 Å². The Labute approximate surface area is 142 Å². The molecule has 5 heteroatoms. The molecular formula is C19H23N4O. The minimum Gasteiger partial charge on any atom is -0.363 e. The van der Waals surface area contributed by atoms with E-state index >= 15 is 0 Å². The highest BCUT2D eigenvalue weighted by Gasteiger charge is 2.20. The average molecular weight is 323 g/mol. The Kier molecular flexibility index (Phi) is 4.37. The molecule has 5 nitrogen and oxygen atoms in total. The second-order valence-electron chi connectivity index (χ2n) is 7.36. The molecule has 2 N–H and O–H groups in total. The van der Waals surface area contributed by atoms with Crippen LogP contribution in [0.4, 0.5) is 0 Å². The minimum absolute atomic E-state index is 0.0464. The predicted molar refractivity (Wildman–Crippen MR) is 92.3 cm³/mol. The number of aromatic nitrogens is 2. The number of carbonyl (C=O) groups is 1. The molecule has 0 spiro atoms. The van der Waals surface area contributed by atoms with Crippen LogP contribution >= 0.6 is 0 Å². The topological polar surface area (TPSA) is 72.1 Å². The molecule has 0 saturated heterocycles. The summed E-state index contributed by atoms with van der Waals surface area (Å²) in [6, 6.07) is 8.79. The van der Waals surface area contributed by atoms with Gasteiger partial charge in [-0.2, -0.15) is 0 Å². The number of amides is 1. The number of benzene rings is 1. The fourth-order valence-electron chi connectivity index (χ4n) is 2.91. The number of fused-ring (bicyclic) bond motifs is 1. The Bertz CT molecular complexity index is 747. The van der Waals surface area contributed by atoms with Crippen molar-refractivity contribution in [3.05, 3.63) is 58.7 Å². The maximum atomic E-state index is 11.2. The molecule has 3 rings (SSSR count). The summed E-state index contributed by atoms with van der Waals surface area (Å²) in [6.45, 7) is 9.14. The molecule has 0 atom stereocenters. The van der Waals surface area contributed by atoms with E-state index < -0.39 is 5.91 Å². The van der Waals surface area contributed by atoms with E-state index in [1.807, 2.05) is 0 Å². The number of nitrogens with zero attached hydrogens (tertiary/aromatic N) is 3. The molecule has 0 fully saturated rings. The van der Waals surface area contributed by atoms with Crippen molar-refractivity contribution in [1.29, 1.82) is 0 Å².